The molecular formula is C75H56Si. The van der Waals surface area contributed by atoms with Crippen LogP contribution >= 0.6 is 0 Å². The number of allylic oxidation sites excluding steroid dienone is 2. The predicted octanol–water partition coefficient (Wildman–Crippen LogP) is 18.3. The molecule has 11 aromatic rings. The van der Waals surface area contributed by atoms with Gasteiger partial charge in [0.25, 0.3) is 0 Å². The molecule has 1 aliphatic rings. The molecule has 0 N–H and O–H groups in total. The lowest BCUT2D eigenvalue weighted by Crippen LogP contribution is -2.46. The Labute approximate surface area is 449 Å². The zero-order valence-corrected chi connectivity index (χ0v) is 43.6. The van der Waals surface area contributed by atoms with Crippen molar-refractivity contribution in [3.05, 3.63) is 388 Å². The lowest BCUT2D eigenvalue weighted by atomic mass is 9.85. The first kappa shape index (κ1) is 47.6. The van der Waals surface area contributed by atoms with Crippen LogP contribution in [0, 0.1) is 0 Å². The minimum absolute atomic E-state index is 1.17. The Morgan fingerprint density at radius 2 is 0.395 bits per heavy atom. The predicted molar refractivity (Wildman–Crippen MR) is 326 cm³/mol. The van der Waals surface area contributed by atoms with Crippen LogP contribution in [0.1, 0.15) is 66.8 Å². The van der Waals surface area contributed by atoms with Gasteiger partial charge in [0.05, 0.1) is 0 Å². The minimum Gasteiger partial charge on any atom is -0.0624 e. The minimum atomic E-state index is -2.93. The van der Waals surface area contributed by atoms with Gasteiger partial charge in [-0.2, -0.15) is 0 Å². The quantitative estimate of drug-likeness (QED) is 0.0798. The summed E-state index contributed by atoms with van der Waals surface area (Å²) >= 11 is 0. The number of benzene rings is 11. The molecule has 0 saturated heterocycles. The smallest absolute Gasteiger partial charge is 0.0624 e. The van der Waals surface area contributed by atoms with Crippen LogP contribution in [0.25, 0.3) is 43.8 Å². The summed E-state index contributed by atoms with van der Waals surface area (Å²) in [7, 11) is -2.93. The lowest BCUT2D eigenvalue weighted by molar-refractivity contribution is 1.49. The average molecular weight is 985 g/mol. The van der Waals surface area contributed by atoms with Crippen molar-refractivity contribution < 1.29 is 0 Å². The molecular weight excluding hydrogens is 929 g/mol. The molecule has 0 nitrogen and oxygen atoms in total. The van der Waals surface area contributed by atoms with Crippen molar-refractivity contribution in [3.63, 3.8) is 0 Å². The number of hydrogen-bond donors (Lipinski definition) is 0. The monoisotopic (exact) mass is 984 g/mol. The van der Waals surface area contributed by atoms with Crippen LogP contribution in [0.3, 0.4) is 0 Å². The van der Waals surface area contributed by atoms with Crippen LogP contribution in [0.2, 0.25) is 6.55 Å². The summed E-state index contributed by atoms with van der Waals surface area (Å²) in [4.78, 5) is 0. The molecule has 0 spiro atoms. The van der Waals surface area contributed by atoms with Gasteiger partial charge in [0.1, 0.15) is 8.07 Å². The molecule has 1 aliphatic heterocycles. The molecule has 11 aromatic carbocycles. The van der Waals surface area contributed by atoms with Crippen LogP contribution < -0.4 is 5.19 Å². The van der Waals surface area contributed by atoms with Crippen LogP contribution in [0.5, 0.6) is 0 Å². The topological polar surface area (TPSA) is 0 Å². The van der Waals surface area contributed by atoms with E-state index >= 15 is 0 Å². The highest BCUT2D eigenvalue weighted by Gasteiger charge is 2.48. The SMILES string of the molecule is C[Si]1(c2ccccc2)C(c2ccc(C(=C(c3ccccc3)c3ccccc3)c3ccccc3)cc2)=C(c2ccccc2)C(c2ccccc2)=C1c1ccc(C(=C(c2ccccc2)c2ccccc2)c2ccccc2)cc1. The summed E-state index contributed by atoms with van der Waals surface area (Å²) in [5.74, 6) is 0. The molecule has 0 fully saturated rings. The van der Waals surface area contributed by atoms with Crippen LogP contribution in [0.15, 0.2) is 322 Å². The summed E-state index contributed by atoms with van der Waals surface area (Å²) < 4.78 is 0. The second-order valence-corrected chi connectivity index (χ2v) is 23.4. The van der Waals surface area contributed by atoms with Crippen molar-refractivity contribution in [1.82, 2.24) is 0 Å². The molecule has 0 radical (unpaired) electrons. The molecule has 0 bridgehead atoms. The zero-order valence-electron chi connectivity index (χ0n) is 42.6. The second kappa shape index (κ2) is 21.6. The van der Waals surface area contributed by atoms with E-state index in [4.69, 9.17) is 0 Å². The Bertz CT molecular complexity index is 3540. The molecule has 0 aliphatic carbocycles. The van der Waals surface area contributed by atoms with Crippen molar-refractivity contribution in [2.45, 2.75) is 6.55 Å². The Morgan fingerprint density at radius 3 is 0.632 bits per heavy atom. The second-order valence-electron chi connectivity index (χ2n) is 19.6. The van der Waals surface area contributed by atoms with E-state index in [1.165, 1.54) is 116 Å². The third kappa shape index (κ3) is 9.19. The normalized spacial score (nSPS) is 12.8. The molecule has 0 atom stereocenters. The highest BCUT2D eigenvalue weighted by Crippen LogP contribution is 2.56. The molecule has 360 valence electrons. The van der Waals surface area contributed by atoms with Crippen LogP contribution in [-0.4, -0.2) is 8.07 Å². The van der Waals surface area contributed by atoms with E-state index in [1.54, 1.807) is 0 Å². The van der Waals surface area contributed by atoms with Crippen LogP contribution in [-0.2, 0) is 0 Å². The molecule has 1 heteroatoms. The summed E-state index contributed by atoms with van der Waals surface area (Å²) in [6, 6.07) is 118. The Balaban J connectivity index is 1.11. The fourth-order valence-corrected chi connectivity index (χ4v) is 16.4. The highest BCUT2D eigenvalue weighted by atomic mass is 28.3. The van der Waals surface area contributed by atoms with Crippen molar-refractivity contribution >= 4 is 57.1 Å². The fraction of sp³-hybridized carbons (Fsp3) is 0.0133. The highest BCUT2D eigenvalue weighted by molar-refractivity contribution is 7.21. The Kier molecular flexibility index (Phi) is 13.5. The van der Waals surface area contributed by atoms with Crippen molar-refractivity contribution in [2.75, 3.05) is 0 Å². The molecule has 0 unspecified atom stereocenters. The summed E-state index contributed by atoms with van der Waals surface area (Å²) in [5.41, 5.74) is 21.7. The van der Waals surface area contributed by atoms with Gasteiger partial charge in [0, 0.05) is 0 Å². The summed E-state index contributed by atoms with van der Waals surface area (Å²) in [6.07, 6.45) is 0. The molecule has 0 amide bonds. The third-order valence-corrected chi connectivity index (χ3v) is 19.6. The van der Waals surface area contributed by atoms with E-state index in [-0.39, 0.29) is 0 Å². The molecule has 0 saturated carbocycles. The molecule has 1 heterocycles. The molecule has 0 aromatic heterocycles. The van der Waals surface area contributed by atoms with Gasteiger partial charge in [-0.25, -0.2) is 0 Å². The maximum absolute atomic E-state index is 2.93. The summed E-state index contributed by atoms with van der Waals surface area (Å²) in [6.45, 7) is 2.60. The van der Waals surface area contributed by atoms with Crippen molar-refractivity contribution in [3.8, 4) is 0 Å². The van der Waals surface area contributed by atoms with E-state index < -0.39 is 8.07 Å². The maximum atomic E-state index is 2.60. The van der Waals surface area contributed by atoms with Gasteiger partial charge in [-0.1, -0.05) is 328 Å². The maximum Gasteiger partial charge on any atom is 0.148 e. The number of rotatable bonds is 13. The van der Waals surface area contributed by atoms with Gasteiger partial charge < -0.3 is 0 Å². The van der Waals surface area contributed by atoms with E-state index in [0.29, 0.717) is 0 Å². The average Bonchev–Trinajstić information content (AvgIpc) is 3.85. The van der Waals surface area contributed by atoms with Crippen molar-refractivity contribution in [2.24, 2.45) is 0 Å². The lowest BCUT2D eigenvalue weighted by Gasteiger charge is -2.32. The Hall–Kier alpha value is -9.40. The fourth-order valence-electron chi connectivity index (χ4n) is 11.6. The summed E-state index contributed by atoms with van der Waals surface area (Å²) in [5, 5.41) is 4.19. The standard InChI is InChI=1S/C75H56Si/c1-76(67-45-27-10-28-46-67)74(65-51-47-63(48-52-65)70(59-37-19-6-20-38-59)68(55-29-11-2-12-30-55)56-31-13-3-14-32-56)72(61-41-23-8-24-42-61)73(62-43-25-9-26-44-62)75(76)66-53-49-64(50-54-66)71(60-39-21-7-22-40-60)69(57-33-15-4-16-34-57)58-35-17-5-18-36-58/h2-54H,1H3. The zero-order chi connectivity index (χ0) is 51.1. The van der Waals surface area contributed by atoms with E-state index in [2.05, 4.69) is 328 Å². The first-order valence-electron chi connectivity index (χ1n) is 26.3. The van der Waals surface area contributed by atoms with Gasteiger partial charge in [0.2, 0.25) is 0 Å². The van der Waals surface area contributed by atoms with Gasteiger partial charge in [-0.3, -0.25) is 0 Å². The van der Waals surface area contributed by atoms with E-state index in [1.807, 2.05) is 0 Å². The van der Waals surface area contributed by atoms with E-state index in [0.717, 1.165) is 0 Å². The first-order valence-corrected chi connectivity index (χ1v) is 28.8. The van der Waals surface area contributed by atoms with Gasteiger partial charge in [-0.15, -0.1) is 0 Å². The van der Waals surface area contributed by atoms with E-state index in [9.17, 15) is 0 Å². The largest absolute Gasteiger partial charge is 0.148 e. The van der Waals surface area contributed by atoms with Crippen LogP contribution in [0.4, 0.5) is 0 Å². The molecule has 76 heavy (non-hydrogen) atoms. The number of hydrogen-bond acceptors (Lipinski definition) is 0. The molecule has 12 rings (SSSR count). The Morgan fingerprint density at radius 1 is 0.197 bits per heavy atom. The van der Waals surface area contributed by atoms with Crippen molar-refractivity contribution in [1.29, 1.82) is 0 Å². The van der Waals surface area contributed by atoms with Gasteiger partial charge in [0.15, 0.2) is 0 Å². The van der Waals surface area contributed by atoms with Gasteiger partial charge in [-0.05, 0) is 116 Å². The first-order chi connectivity index (χ1) is 37.6. The third-order valence-electron chi connectivity index (χ3n) is 15.0. The van der Waals surface area contributed by atoms with Gasteiger partial charge >= 0.3 is 0 Å².